The summed E-state index contributed by atoms with van der Waals surface area (Å²) >= 11 is 0. The van der Waals surface area contributed by atoms with E-state index in [-0.39, 0.29) is 18.4 Å². The van der Waals surface area contributed by atoms with Crippen LogP contribution in [0.25, 0.3) is 10.9 Å². The third kappa shape index (κ3) is 2.58. The van der Waals surface area contributed by atoms with Crippen LogP contribution in [0.15, 0.2) is 18.2 Å². The van der Waals surface area contributed by atoms with Gasteiger partial charge >= 0.3 is 6.18 Å². The van der Waals surface area contributed by atoms with Gasteiger partial charge in [0.25, 0.3) is 0 Å². The predicted molar refractivity (Wildman–Crippen MR) is 66.6 cm³/mol. The largest absolute Gasteiger partial charge is 0.431 e. The van der Waals surface area contributed by atoms with Gasteiger partial charge in [-0.2, -0.15) is 18.4 Å². The van der Waals surface area contributed by atoms with Crippen molar-refractivity contribution >= 4 is 10.9 Å². The zero-order valence-corrected chi connectivity index (χ0v) is 10.4. The maximum absolute atomic E-state index is 13.0. The summed E-state index contributed by atoms with van der Waals surface area (Å²) in [6.07, 6.45) is -3.47. The molecule has 2 aromatic rings. The first kappa shape index (κ1) is 13.5. The Morgan fingerprint density at radius 3 is 2.63 bits per heavy atom. The van der Waals surface area contributed by atoms with E-state index in [1.54, 1.807) is 12.1 Å². The number of aryl methyl sites for hydroxylation is 2. The molecule has 0 bridgehead atoms. The van der Waals surface area contributed by atoms with Crippen molar-refractivity contribution in [3.05, 3.63) is 35.0 Å². The van der Waals surface area contributed by atoms with Crippen molar-refractivity contribution in [1.82, 2.24) is 4.98 Å². The number of fused-ring (bicyclic) bond motifs is 1. The van der Waals surface area contributed by atoms with Crippen LogP contribution >= 0.6 is 0 Å². The van der Waals surface area contributed by atoms with E-state index < -0.39 is 11.9 Å². The summed E-state index contributed by atoms with van der Waals surface area (Å²) in [6.45, 7) is 1.95. The minimum Gasteiger partial charge on any atom is -0.351 e. The van der Waals surface area contributed by atoms with Crippen LogP contribution in [0.3, 0.4) is 0 Å². The Labute approximate surface area is 108 Å². The van der Waals surface area contributed by atoms with Crippen molar-refractivity contribution in [2.75, 3.05) is 0 Å². The monoisotopic (exact) mass is 266 g/mol. The predicted octanol–water partition coefficient (Wildman–Crippen LogP) is 4.21. The highest BCUT2D eigenvalue weighted by Crippen LogP contribution is 2.36. The van der Waals surface area contributed by atoms with Gasteiger partial charge in [-0.3, -0.25) is 0 Å². The van der Waals surface area contributed by atoms with Gasteiger partial charge in [0.05, 0.1) is 6.07 Å². The molecule has 0 fully saturated rings. The van der Waals surface area contributed by atoms with Gasteiger partial charge in [0, 0.05) is 17.3 Å². The third-order valence-electron chi connectivity index (χ3n) is 3.15. The Hall–Kier alpha value is -1.96. The average Bonchev–Trinajstić information content (AvgIpc) is 2.73. The highest BCUT2D eigenvalue weighted by atomic mass is 19.4. The van der Waals surface area contributed by atoms with Gasteiger partial charge in [-0.25, -0.2) is 0 Å². The molecular weight excluding hydrogens is 253 g/mol. The van der Waals surface area contributed by atoms with Crippen molar-refractivity contribution in [2.45, 2.75) is 32.4 Å². The van der Waals surface area contributed by atoms with E-state index in [1.165, 1.54) is 0 Å². The summed E-state index contributed by atoms with van der Waals surface area (Å²) in [5, 5.41) is 9.16. The number of nitrogens with one attached hydrogen (secondary N) is 1. The van der Waals surface area contributed by atoms with Crippen LogP contribution in [0.2, 0.25) is 0 Å². The Morgan fingerprint density at radius 1 is 1.32 bits per heavy atom. The van der Waals surface area contributed by atoms with Gasteiger partial charge in [0.2, 0.25) is 0 Å². The van der Waals surface area contributed by atoms with Gasteiger partial charge in [-0.15, -0.1) is 0 Å². The molecule has 0 amide bonds. The fraction of sp³-hybridized carbons (Fsp3) is 0.357. The molecule has 0 aliphatic carbocycles. The quantitative estimate of drug-likeness (QED) is 0.888. The molecule has 1 N–H and O–H groups in total. The van der Waals surface area contributed by atoms with Crippen LogP contribution in [0.5, 0.6) is 0 Å². The van der Waals surface area contributed by atoms with Crippen LogP contribution in [0, 0.1) is 11.3 Å². The number of nitriles is 1. The highest BCUT2D eigenvalue weighted by Gasteiger charge is 2.36. The highest BCUT2D eigenvalue weighted by molar-refractivity contribution is 5.85. The van der Waals surface area contributed by atoms with Gasteiger partial charge < -0.3 is 4.98 Å². The van der Waals surface area contributed by atoms with Gasteiger partial charge in [0.15, 0.2) is 0 Å². The molecule has 0 saturated carbocycles. The summed E-state index contributed by atoms with van der Waals surface area (Å²) in [6, 6.07) is 7.15. The fourth-order valence-electron chi connectivity index (χ4n) is 2.20. The molecule has 0 spiro atoms. The number of nitrogens with zero attached hydrogens (tertiary/aromatic N) is 1. The molecule has 19 heavy (non-hydrogen) atoms. The summed E-state index contributed by atoms with van der Waals surface area (Å²) in [5.74, 6) is 0. The first-order valence-corrected chi connectivity index (χ1v) is 6.05. The van der Waals surface area contributed by atoms with Gasteiger partial charge in [-0.05, 0) is 36.1 Å². The summed E-state index contributed by atoms with van der Waals surface area (Å²) in [7, 11) is 0. The van der Waals surface area contributed by atoms with E-state index in [0.717, 1.165) is 12.0 Å². The Balaban J connectivity index is 2.65. The number of hydrogen-bond acceptors (Lipinski definition) is 1. The third-order valence-corrected chi connectivity index (χ3v) is 3.15. The Morgan fingerprint density at radius 2 is 2.05 bits per heavy atom. The molecule has 2 nitrogen and oxygen atoms in total. The maximum atomic E-state index is 13.0. The number of aromatic nitrogens is 1. The van der Waals surface area contributed by atoms with Crippen molar-refractivity contribution in [3.8, 4) is 6.07 Å². The molecule has 1 heterocycles. The molecule has 100 valence electrons. The lowest BCUT2D eigenvalue weighted by Crippen LogP contribution is -2.08. The molecule has 0 aliphatic heterocycles. The summed E-state index contributed by atoms with van der Waals surface area (Å²) < 4.78 is 38.9. The van der Waals surface area contributed by atoms with Crippen molar-refractivity contribution in [2.24, 2.45) is 0 Å². The second-order valence-corrected chi connectivity index (χ2v) is 4.37. The van der Waals surface area contributed by atoms with Gasteiger partial charge in [0.1, 0.15) is 5.69 Å². The van der Waals surface area contributed by atoms with E-state index in [0.29, 0.717) is 10.9 Å². The number of alkyl halides is 3. The molecule has 0 radical (unpaired) electrons. The summed E-state index contributed by atoms with van der Waals surface area (Å²) in [4.78, 5) is 2.43. The lowest BCUT2D eigenvalue weighted by molar-refractivity contribution is -0.141. The van der Waals surface area contributed by atoms with Crippen molar-refractivity contribution in [3.63, 3.8) is 0 Å². The number of hydrogen-bond donors (Lipinski definition) is 1. The second kappa shape index (κ2) is 4.96. The van der Waals surface area contributed by atoms with E-state index in [9.17, 15) is 13.2 Å². The molecule has 5 heteroatoms. The minimum absolute atomic E-state index is 0.0758. The molecule has 0 unspecified atom stereocenters. The first-order valence-electron chi connectivity index (χ1n) is 6.05. The SMILES string of the molecule is CCc1ccc2[nH]c(C(F)(F)F)c(CCC#N)c2c1. The normalized spacial score (nSPS) is 11.7. The lowest BCUT2D eigenvalue weighted by Gasteiger charge is -2.07. The molecule has 0 saturated heterocycles. The van der Waals surface area contributed by atoms with Crippen LogP contribution in [-0.4, -0.2) is 4.98 Å². The van der Waals surface area contributed by atoms with Crippen LogP contribution in [0.1, 0.15) is 30.2 Å². The number of benzene rings is 1. The van der Waals surface area contributed by atoms with Crippen LogP contribution in [0.4, 0.5) is 13.2 Å². The van der Waals surface area contributed by atoms with E-state index in [1.807, 2.05) is 19.1 Å². The van der Waals surface area contributed by atoms with Crippen molar-refractivity contribution in [1.29, 1.82) is 5.26 Å². The molecule has 1 aromatic heterocycles. The Bertz CT molecular complexity index is 632. The number of aromatic amines is 1. The lowest BCUT2D eigenvalue weighted by atomic mass is 10.0. The molecular formula is C14H13F3N2. The number of rotatable bonds is 3. The van der Waals surface area contributed by atoms with Crippen LogP contribution < -0.4 is 0 Å². The zero-order chi connectivity index (χ0) is 14.0. The smallest absolute Gasteiger partial charge is 0.351 e. The van der Waals surface area contributed by atoms with Gasteiger partial charge in [-0.1, -0.05) is 13.0 Å². The minimum atomic E-state index is -4.42. The summed E-state index contributed by atoms with van der Waals surface area (Å²) in [5.41, 5.74) is 0.918. The fourth-order valence-corrected chi connectivity index (χ4v) is 2.20. The molecule has 2 rings (SSSR count). The topological polar surface area (TPSA) is 39.6 Å². The van der Waals surface area contributed by atoms with E-state index in [4.69, 9.17) is 5.26 Å². The zero-order valence-electron chi connectivity index (χ0n) is 10.4. The Kier molecular flexibility index (Phi) is 3.52. The standard InChI is InChI=1S/C14H13F3N2/c1-2-9-5-6-12-11(8-9)10(4-3-7-18)13(19-12)14(15,16)17/h5-6,8,19H,2-4H2,1H3. The molecule has 1 aromatic carbocycles. The average molecular weight is 266 g/mol. The maximum Gasteiger partial charge on any atom is 0.431 e. The molecule has 0 atom stereocenters. The van der Waals surface area contributed by atoms with E-state index in [2.05, 4.69) is 4.98 Å². The van der Waals surface area contributed by atoms with E-state index >= 15 is 0 Å². The molecule has 0 aliphatic rings. The first-order chi connectivity index (χ1) is 8.97. The second-order valence-electron chi connectivity index (χ2n) is 4.37. The van der Waals surface area contributed by atoms with Crippen molar-refractivity contribution < 1.29 is 13.2 Å². The number of halogens is 3. The number of H-pyrrole nitrogens is 1. The van der Waals surface area contributed by atoms with Crippen LogP contribution in [-0.2, 0) is 19.0 Å².